The summed E-state index contributed by atoms with van der Waals surface area (Å²) in [6.07, 6.45) is 0.854. The van der Waals surface area contributed by atoms with Gasteiger partial charge in [-0.15, -0.1) is 0 Å². The summed E-state index contributed by atoms with van der Waals surface area (Å²) >= 11 is 0. The molecule has 1 saturated heterocycles. The maximum absolute atomic E-state index is 13.2. The zero-order valence-corrected chi connectivity index (χ0v) is 15.0. The van der Waals surface area contributed by atoms with Crippen molar-refractivity contribution in [2.75, 3.05) is 31.0 Å². The Balaban J connectivity index is 1.68. The van der Waals surface area contributed by atoms with E-state index in [4.69, 9.17) is 4.74 Å². The van der Waals surface area contributed by atoms with E-state index in [2.05, 4.69) is 12.1 Å². The number of ether oxygens (including phenoxy) is 1. The van der Waals surface area contributed by atoms with Crippen LogP contribution in [-0.2, 0) is 21.4 Å². The molecule has 6 heteroatoms. The molecule has 0 radical (unpaired) electrons. The SMILES string of the molecule is COC1CN(S(=O)(=O)N2CC(c3ccccc3)Cc3ccccc32)C1. The van der Waals surface area contributed by atoms with Gasteiger partial charge in [-0.25, -0.2) is 0 Å². The summed E-state index contributed by atoms with van der Waals surface area (Å²) in [5.74, 6) is 0.158. The predicted molar refractivity (Wildman–Crippen MR) is 98.0 cm³/mol. The summed E-state index contributed by atoms with van der Waals surface area (Å²) in [6, 6.07) is 18.0. The first-order chi connectivity index (χ1) is 12.1. The smallest absolute Gasteiger partial charge is 0.304 e. The van der Waals surface area contributed by atoms with E-state index in [1.807, 2.05) is 42.5 Å². The second kappa shape index (κ2) is 6.44. The number of rotatable bonds is 4. The van der Waals surface area contributed by atoms with Crippen molar-refractivity contribution in [3.63, 3.8) is 0 Å². The minimum absolute atomic E-state index is 0.000250. The molecule has 0 N–H and O–H groups in total. The minimum atomic E-state index is -3.54. The standard InChI is InChI=1S/C19H22N2O3S/c1-24-18-13-20(14-18)25(22,23)21-12-17(15-7-3-2-4-8-15)11-16-9-5-6-10-19(16)21/h2-10,17-18H,11-14H2,1H3. The maximum atomic E-state index is 13.2. The van der Waals surface area contributed by atoms with E-state index < -0.39 is 10.2 Å². The molecule has 2 aliphatic heterocycles. The van der Waals surface area contributed by atoms with Crippen molar-refractivity contribution >= 4 is 15.9 Å². The van der Waals surface area contributed by atoms with Crippen molar-refractivity contribution in [3.05, 3.63) is 65.7 Å². The molecule has 1 atom stereocenters. The highest BCUT2D eigenvalue weighted by atomic mass is 32.2. The quantitative estimate of drug-likeness (QED) is 0.843. The van der Waals surface area contributed by atoms with E-state index in [9.17, 15) is 8.42 Å². The molecule has 2 heterocycles. The number of benzene rings is 2. The second-order valence-corrected chi connectivity index (χ2v) is 8.51. The van der Waals surface area contributed by atoms with Crippen molar-refractivity contribution in [2.45, 2.75) is 18.4 Å². The summed E-state index contributed by atoms with van der Waals surface area (Å²) in [5, 5.41) is 0. The van der Waals surface area contributed by atoms with Crippen molar-refractivity contribution in [1.82, 2.24) is 4.31 Å². The van der Waals surface area contributed by atoms with Crippen LogP contribution < -0.4 is 4.31 Å². The highest BCUT2D eigenvalue weighted by molar-refractivity contribution is 7.90. The monoisotopic (exact) mass is 358 g/mol. The lowest BCUT2D eigenvalue weighted by Crippen LogP contribution is -2.59. The number of hydrogen-bond donors (Lipinski definition) is 0. The van der Waals surface area contributed by atoms with Gasteiger partial charge >= 0.3 is 10.2 Å². The van der Waals surface area contributed by atoms with Crippen LogP contribution >= 0.6 is 0 Å². The summed E-state index contributed by atoms with van der Waals surface area (Å²) in [4.78, 5) is 0. The summed E-state index contributed by atoms with van der Waals surface area (Å²) < 4.78 is 34.6. The van der Waals surface area contributed by atoms with Crippen molar-refractivity contribution in [2.24, 2.45) is 0 Å². The molecule has 0 aromatic heterocycles. The Hall–Kier alpha value is -1.89. The summed E-state index contributed by atoms with van der Waals surface area (Å²) in [6.45, 7) is 1.32. The van der Waals surface area contributed by atoms with Crippen LogP contribution in [0.25, 0.3) is 0 Å². The van der Waals surface area contributed by atoms with Crippen LogP contribution in [0.5, 0.6) is 0 Å². The average molecular weight is 358 g/mol. The fraction of sp³-hybridized carbons (Fsp3) is 0.368. The molecule has 2 aromatic carbocycles. The van der Waals surface area contributed by atoms with E-state index >= 15 is 0 Å². The topological polar surface area (TPSA) is 49.9 Å². The van der Waals surface area contributed by atoms with Crippen molar-refractivity contribution in [3.8, 4) is 0 Å². The Kier molecular flexibility index (Phi) is 4.27. The molecule has 5 nitrogen and oxygen atoms in total. The van der Waals surface area contributed by atoms with Gasteiger partial charge in [-0.1, -0.05) is 48.5 Å². The third kappa shape index (κ3) is 2.94. The van der Waals surface area contributed by atoms with Crippen LogP contribution in [0.2, 0.25) is 0 Å². The molecular weight excluding hydrogens is 336 g/mol. The Labute approximate surface area is 149 Å². The molecule has 25 heavy (non-hydrogen) atoms. The van der Waals surface area contributed by atoms with Gasteiger partial charge in [0.25, 0.3) is 0 Å². The number of methoxy groups -OCH3 is 1. The molecule has 0 aliphatic carbocycles. The maximum Gasteiger partial charge on any atom is 0.304 e. The zero-order chi connectivity index (χ0) is 17.4. The van der Waals surface area contributed by atoms with Crippen LogP contribution in [-0.4, -0.2) is 45.6 Å². The van der Waals surface area contributed by atoms with Gasteiger partial charge in [0.15, 0.2) is 0 Å². The summed E-state index contributed by atoms with van der Waals surface area (Å²) in [7, 11) is -1.91. The highest BCUT2D eigenvalue weighted by Crippen LogP contribution is 2.37. The molecular formula is C19H22N2O3S. The zero-order valence-electron chi connectivity index (χ0n) is 14.2. The first kappa shape index (κ1) is 16.6. The Morgan fingerprint density at radius 3 is 2.36 bits per heavy atom. The molecule has 2 aromatic rings. The molecule has 0 bridgehead atoms. The van der Waals surface area contributed by atoms with Crippen LogP contribution in [0.3, 0.4) is 0 Å². The molecule has 0 spiro atoms. The fourth-order valence-electron chi connectivity index (χ4n) is 3.60. The lowest BCUT2D eigenvalue weighted by molar-refractivity contribution is 0.0123. The van der Waals surface area contributed by atoms with Crippen molar-refractivity contribution < 1.29 is 13.2 Å². The van der Waals surface area contributed by atoms with Gasteiger partial charge in [0.05, 0.1) is 11.8 Å². The molecule has 4 rings (SSSR count). The number of hydrogen-bond acceptors (Lipinski definition) is 3. The Morgan fingerprint density at radius 1 is 0.960 bits per heavy atom. The van der Waals surface area contributed by atoms with Crippen LogP contribution in [0, 0.1) is 0 Å². The van der Waals surface area contributed by atoms with Gasteiger partial charge in [0, 0.05) is 32.7 Å². The van der Waals surface area contributed by atoms with Gasteiger partial charge in [-0.3, -0.25) is 4.31 Å². The van der Waals surface area contributed by atoms with E-state index in [0.717, 1.165) is 17.7 Å². The predicted octanol–water partition coefficient (Wildman–Crippen LogP) is 2.41. The Morgan fingerprint density at radius 2 is 1.64 bits per heavy atom. The molecule has 1 fully saturated rings. The molecule has 0 saturated carbocycles. The number of fused-ring (bicyclic) bond motifs is 1. The summed E-state index contributed by atoms with van der Waals surface area (Å²) in [5.41, 5.74) is 3.06. The molecule has 132 valence electrons. The number of anilines is 1. The Bertz CT molecular complexity index is 848. The lowest BCUT2D eigenvalue weighted by atomic mass is 9.88. The van der Waals surface area contributed by atoms with Gasteiger partial charge in [0.2, 0.25) is 0 Å². The molecule has 2 aliphatic rings. The third-order valence-electron chi connectivity index (χ3n) is 5.14. The van der Waals surface area contributed by atoms with E-state index in [1.54, 1.807) is 11.4 Å². The van der Waals surface area contributed by atoms with Gasteiger partial charge < -0.3 is 4.74 Å². The fourth-order valence-corrected chi connectivity index (χ4v) is 5.38. The number of nitrogens with zero attached hydrogens (tertiary/aromatic N) is 2. The van der Waals surface area contributed by atoms with Gasteiger partial charge in [-0.05, 0) is 23.6 Å². The van der Waals surface area contributed by atoms with Crippen LogP contribution in [0.15, 0.2) is 54.6 Å². The van der Waals surface area contributed by atoms with Crippen molar-refractivity contribution in [1.29, 1.82) is 0 Å². The largest absolute Gasteiger partial charge is 0.379 e. The first-order valence-electron chi connectivity index (χ1n) is 8.53. The molecule has 0 amide bonds. The normalized spacial score (nSPS) is 21.6. The van der Waals surface area contributed by atoms with E-state index in [-0.39, 0.29) is 12.0 Å². The number of para-hydroxylation sites is 1. The second-order valence-electron chi connectivity index (χ2n) is 6.65. The highest BCUT2D eigenvalue weighted by Gasteiger charge is 2.42. The first-order valence-corrected chi connectivity index (χ1v) is 9.92. The van der Waals surface area contributed by atoms with Gasteiger partial charge in [0.1, 0.15) is 0 Å². The van der Waals surface area contributed by atoms with E-state index in [1.165, 1.54) is 9.87 Å². The van der Waals surface area contributed by atoms with Crippen LogP contribution in [0.4, 0.5) is 5.69 Å². The lowest BCUT2D eigenvalue weighted by Gasteiger charge is -2.43. The third-order valence-corrected chi connectivity index (χ3v) is 6.99. The van der Waals surface area contributed by atoms with Crippen LogP contribution in [0.1, 0.15) is 17.0 Å². The molecule has 1 unspecified atom stereocenters. The average Bonchev–Trinajstić information content (AvgIpc) is 2.60. The minimum Gasteiger partial charge on any atom is -0.379 e. The van der Waals surface area contributed by atoms with Gasteiger partial charge in [-0.2, -0.15) is 12.7 Å². The van der Waals surface area contributed by atoms with E-state index in [0.29, 0.717) is 19.6 Å².